The van der Waals surface area contributed by atoms with Gasteiger partial charge in [0.25, 0.3) is 0 Å². The smallest absolute Gasteiger partial charge is 0.194 e. The number of carbonyl (C=O) groups is 8. The molecule has 8 nitrogen and oxygen atoms in total. The lowest BCUT2D eigenvalue weighted by Crippen LogP contribution is -2.21. The molecule has 1 aromatic rings. The minimum Gasteiger partial charge on any atom is -0.289 e. The summed E-state index contributed by atoms with van der Waals surface area (Å²) in [7, 11) is 0. The van der Waals surface area contributed by atoms with Crippen LogP contribution in [0.1, 0.15) is 147 Å². The van der Waals surface area contributed by atoms with Gasteiger partial charge in [0, 0.05) is 115 Å². The van der Waals surface area contributed by atoms with Gasteiger partial charge in [0.15, 0.2) is 46.3 Å². The highest BCUT2D eigenvalue weighted by Gasteiger charge is 2.47. The molecule has 15 aliphatic carbocycles. The van der Waals surface area contributed by atoms with Crippen LogP contribution in [0.2, 0.25) is 0 Å². The van der Waals surface area contributed by atoms with Crippen LogP contribution in [0.25, 0.3) is 0 Å². The molecule has 0 bridgehead atoms. The quantitative estimate of drug-likeness (QED) is 0.234. The van der Waals surface area contributed by atoms with E-state index in [4.69, 9.17) is 0 Å². The van der Waals surface area contributed by atoms with Gasteiger partial charge in [-0.15, -0.1) is 0 Å². The van der Waals surface area contributed by atoms with E-state index in [2.05, 4.69) is 55.4 Å². The molecule has 0 unspecified atom stereocenters. The van der Waals surface area contributed by atoms with E-state index in [9.17, 15) is 38.4 Å². The van der Waals surface area contributed by atoms with Crippen LogP contribution in [0.4, 0.5) is 0 Å². The van der Waals surface area contributed by atoms with Crippen molar-refractivity contribution >= 4 is 46.3 Å². The summed E-state index contributed by atoms with van der Waals surface area (Å²) in [5.74, 6) is 0.536. The standard InChI is InChI=1S/C18H14O2.3C17H14O2/c1-9-7-10(2)15-13(9)8-14-16(15)18(20)12-6-4-3-5-11(12)17(14)19;3*1-8-6-9(2)14-12(8)7-13-15(14)17(19)11-5-3-4-10(11)16(13)18/h3-6H,7-8H2,1-2H3;4-5H,3,6-7H2,1-2H3;3,5H,4,6-7H2,1-2H3;3-4H,5-7H2,1-2H3. The summed E-state index contributed by atoms with van der Waals surface area (Å²) in [4.78, 5) is 101. The van der Waals surface area contributed by atoms with Crippen molar-refractivity contribution in [2.75, 3.05) is 0 Å². The maximum atomic E-state index is 12.8. The van der Waals surface area contributed by atoms with Crippen LogP contribution >= 0.6 is 0 Å². The van der Waals surface area contributed by atoms with E-state index < -0.39 is 0 Å². The summed E-state index contributed by atoms with van der Waals surface area (Å²) in [6.45, 7) is 16.7. The average molecular weight is 1010 g/mol. The summed E-state index contributed by atoms with van der Waals surface area (Å²) in [5, 5.41) is 0. The highest BCUT2D eigenvalue weighted by Crippen LogP contribution is 2.55. The monoisotopic (exact) mass is 1010 g/mol. The molecule has 8 heteroatoms. The fraction of sp³-hybridized carbons (Fsp3) is 0.275. The van der Waals surface area contributed by atoms with Gasteiger partial charge in [-0.05, 0) is 145 Å². The van der Waals surface area contributed by atoms with Crippen LogP contribution in [0.5, 0.6) is 0 Å². The first-order chi connectivity index (χ1) is 36.9. The van der Waals surface area contributed by atoms with Gasteiger partial charge >= 0.3 is 0 Å². The van der Waals surface area contributed by atoms with E-state index in [0.29, 0.717) is 112 Å². The largest absolute Gasteiger partial charge is 0.289 e. The molecule has 0 amide bonds. The molecule has 0 aliphatic heterocycles. The number of hydrogen-bond donors (Lipinski definition) is 0. The Kier molecular flexibility index (Phi) is 10.8. The van der Waals surface area contributed by atoms with Gasteiger partial charge < -0.3 is 0 Å². The summed E-state index contributed by atoms with van der Waals surface area (Å²) < 4.78 is 0. The van der Waals surface area contributed by atoms with E-state index in [-0.39, 0.29) is 46.3 Å². The van der Waals surface area contributed by atoms with Crippen molar-refractivity contribution in [1.29, 1.82) is 0 Å². The number of fused-ring (bicyclic) bond motifs is 10. The summed E-state index contributed by atoms with van der Waals surface area (Å²) in [6, 6.07) is 7.16. The van der Waals surface area contributed by atoms with Gasteiger partial charge in [-0.3, -0.25) is 38.4 Å². The lowest BCUT2D eigenvalue weighted by Gasteiger charge is -2.17. The number of Topliss-reactive ketones (excluding diaryl/α,β-unsaturated/α-hetero) is 8. The molecule has 0 N–H and O–H groups in total. The minimum absolute atomic E-state index is 0.0225. The summed E-state index contributed by atoms with van der Waals surface area (Å²) >= 11 is 0. The molecule has 0 fully saturated rings. The fourth-order valence-electron chi connectivity index (χ4n) is 15.0. The normalized spacial score (nSPS) is 23.8. The first-order valence-corrected chi connectivity index (χ1v) is 27.0. The Labute approximate surface area is 447 Å². The summed E-state index contributed by atoms with van der Waals surface area (Å²) in [5.41, 5.74) is 30.2. The Morgan fingerprint density at radius 1 is 0.286 bits per heavy atom. The SMILES string of the molecule is CC1=C2CC3=C(C(=O)C4=C(C=CC4)C3=O)C2=C(C)C1.CC1=C2CC3=C(C(=O)C4=C(CC=C4)C3=O)C2=C(C)C1.CC1=C2CC3=C(C(=O)C4=CCC=C4C3=O)C2=C(C)C1.CC1=C2CC3=C(C(=O)c4ccccc4C3=O)C2=C(C)C1. The van der Waals surface area contributed by atoms with Crippen LogP contribution < -0.4 is 0 Å². The molecule has 0 spiro atoms. The van der Waals surface area contributed by atoms with Crippen molar-refractivity contribution in [3.63, 3.8) is 0 Å². The van der Waals surface area contributed by atoms with Crippen LogP contribution in [0, 0.1) is 0 Å². The molecule has 0 heterocycles. The number of ketones is 8. The minimum atomic E-state index is 0.0225. The van der Waals surface area contributed by atoms with E-state index in [0.717, 1.165) is 70.3 Å². The van der Waals surface area contributed by atoms with Gasteiger partial charge in [0.1, 0.15) is 0 Å². The van der Waals surface area contributed by atoms with Gasteiger partial charge in [-0.2, -0.15) is 0 Å². The van der Waals surface area contributed by atoms with Gasteiger partial charge in [0.05, 0.1) is 0 Å². The highest BCUT2D eigenvalue weighted by molar-refractivity contribution is 6.34. The highest BCUT2D eigenvalue weighted by atomic mass is 16.2. The topological polar surface area (TPSA) is 137 Å². The van der Waals surface area contributed by atoms with Gasteiger partial charge in [0.2, 0.25) is 0 Å². The van der Waals surface area contributed by atoms with Crippen LogP contribution in [-0.2, 0) is 28.8 Å². The van der Waals surface area contributed by atoms with Crippen molar-refractivity contribution < 1.29 is 38.4 Å². The first kappa shape index (κ1) is 48.5. The number of benzene rings is 1. The van der Waals surface area contributed by atoms with Crippen molar-refractivity contribution in [2.45, 2.75) is 126 Å². The lowest BCUT2D eigenvalue weighted by atomic mass is 9.83. The van der Waals surface area contributed by atoms with Crippen molar-refractivity contribution in [2.24, 2.45) is 0 Å². The molecule has 0 saturated heterocycles. The Hall–Kier alpha value is -8.10. The Morgan fingerprint density at radius 2 is 0.636 bits per heavy atom. The fourth-order valence-corrected chi connectivity index (χ4v) is 15.0. The number of carbonyl (C=O) groups excluding carboxylic acids is 8. The molecule has 15 aliphatic rings. The van der Waals surface area contributed by atoms with Crippen molar-refractivity contribution in [3.05, 3.63) is 239 Å². The van der Waals surface area contributed by atoms with Gasteiger partial charge in [-0.1, -0.05) is 105 Å². The lowest BCUT2D eigenvalue weighted by molar-refractivity contribution is -0.116. The first-order valence-electron chi connectivity index (χ1n) is 27.0. The molecule has 0 radical (unpaired) electrons. The molecule has 0 aromatic heterocycles. The van der Waals surface area contributed by atoms with Crippen molar-refractivity contribution in [1.82, 2.24) is 0 Å². The van der Waals surface area contributed by atoms with Crippen LogP contribution in [0.3, 0.4) is 0 Å². The second-order valence-corrected chi connectivity index (χ2v) is 23.1. The zero-order chi connectivity index (χ0) is 53.9. The Morgan fingerprint density at radius 3 is 1.12 bits per heavy atom. The molecule has 380 valence electrons. The second kappa shape index (κ2) is 17.2. The Bertz CT molecular complexity index is 4030. The number of allylic oxidation sites excluding steroid dienone is 36. The number of rotatable bonds is 0. The molecule has 0 atom stereocenters. The van der Waals surface area contributed by atoms with Crippen molar-refractivity contribution in [3.8, 4) is 0 Å². The van der Waals surface area contributed by atoms with Gasteiger partial charge in [-0.25, -0.2) is 0 Å². The zero-order valence-electron chi connectivity index (χ0n) is 44.8. The third-order valence-corrected chi connectivity index (χ3v) is 18.5. The van der Waals surface area contributed by atoms with Crippen LogP contribution in [0.15, 0.2) is 228 Å². The molecule has 1 aromatic carbocycles. The summed E-state index contributed by atoms with van der Waals surface area (Å²) in [6.07, 6.45) is 19.6. The molecular weight excluding hydrogens is 957 g/mol. The van der Waals surface area contributed by atoms with E-state index >= 15 is 0 Å². The third kappa shape index (κ3) is 6.76. The predicted molar refractivity (Wildman–Crippen MR) is 294 cm³/mol. The maximum absolute atomic E-state index is 12.8. The maximum Gasteiger partial charge on any atom is 0.194 e. The molecule has 0 saturated carbocycles. The van der Waals surface area contributed by atoms with E-state index in [1.54, 1.807) is 12.1 Å². The molecule has 16 rings (SSSR count). The van der Waals surface area contributed by atoms with E-state index in [1.807, 2.05) is 48.6 Å². The zero-order valence-corrected chi connectivity index (χ0v) is 44.8. The molecular formula is C69H56O8. The average Bonchev–Trinajstić information content (AvgIpc) is 4.46. The van der Waals surface area contributed by atoms with E-state index in [1.165, 1.54) is 66.9 Å². The van der Waals surface area contributed by atoms with Crippen LogP contribution in [-0.4, -0.2) is 46.3 Å². The second-order valence-electron chi connectivity index (χ2n) is 23.1. The third-order valence-electron chi connectivity index (χ3n) is 18.5. The molecule has 77 heavy (non-hydrogen) atoms. The Balaban J connectivity index is 0.0000000980. The predicted octanol–water partition coefficient (Wildman–Crippen LogP) is 13.2. The number of hydrogen-bond acceptors (Lipinski definition) is 8.